The van der Waals surface area contributed by atoms with Crippen LogP contribution < -0.4 is 11.2 Å². The highest BCUT2D eigenvalue weighted by molar-refractivity contribution is 6.58. The number of morpholine rings is 1. The first-order valence-electron chi connectivity index (χ1n) is 5.71. The summed E-state index contributed by atoms with van der Waals surface area (Å²) < 4.78 is 5.17. The van der Waals surface area contributed by atoms with Crippen LogP contribution in [-0.4, -0.2) is 54.3 Å². The van der Waals surface area contributed by atoms with E-state index < -0.39 is 7.12 Å². The lowest BCUT2D eigenvalue weighted by molar-refractivity contribution is 0.0303. The summed E-state index contributed by atoms with van der Waals surface area (Å²) in [5.74, 6) is -0.174. The van der Waals surface area contributed by atoms with E-state index >= 15 is 0 Å². The summed E-state index contributed by atoms with van der Waals surface area (Å²) in [6.07, 6.45) is 0. The van der Waals surface area contributed by atoms with Gasteiger partial charge in [0.1, 0.15) is 0 Å². The molecule has 0 unspecified atom stereocenters. The van der Waals surface area contributed by atoms with E-state index in [9.17, 15) is 4.79 Å². The summed E-state index contributed by atoms with van der Waals surface area (Å²) in [5.41, 5.74) is 6.55. The van der Waals surface area contributed by atoms with Crippen LogP contribution in [-0.2, 0) is 4.74 Å². The maximum Gasteiger partial charge on any atom is 0.488 e. The monoisotopic (exact) mass is 250 g/mol. The Morgan fingerprint density at radius 1 is 1.28 bits per heavy atom. The van der Waals surface area contributed by atoms with Gasteiger partial charge in [0.05, 0.1) is 13.2 Å². The number of nitrogen functional groups attached to an aromatic ring is 1. The quantitative estimate of drug-likeness (QED) is 0.435. The molecule has 0 aliphatic carbocycles. The number of carbonyl (C=O) groups excluding carboxylic acids is 1. The fourth-order valence-corrected chi connectivity index (χ4v) is 1.90. The Hall–Kier alpha value is -1.57. The average Bonchev–Trinajstić information content (AvgIpc) is 2.38. The molecule has 1 saturated heterocycles. The molecule has 0 spiro atoms. The normalized spacial score (nSPS) is 15.6. The molecule has 0 radical (unpaired) electrons. The molecule has 1 aliphatic rings. The van der Waals surface area contributed by atoms with Gasteiger partial charge in [-0.25, -0.2) is 0 Å². The molecule has 1 aliphatic heterocycles. The van der Waals surface area contributed by atoms with E-state index in [0.717, 1.165) is 0 Å². The molecule has 0 bridgehead atoms. The molecule has 1 amide bonds. The number of nitrogens with two attached hydrogens (primary N) is 1. The van der Waals surface area contributed by atoms with Crippen molar-refractivity contribution in [3.05, 3.63) is 23.8 Å². The lowest BCUT2D eigenvalue weighted by atomic mass is 9.79. The zero-order chi connectivity index (χ0) is 13.1. The largest absolute Gasteiger partial charge is 0.488 e. The zero-order valence-electron chi connectivity index (χ0n) is 9.87. The molecule has 0 atom stereocenters. The number of carbonyl (C=O) groups is 1. The minimum Gasteiger partial charge on any atom is -0.423 e. The summed E-state index contributed by atoms with van der Waals surface area (Å²) in [7, 11) is -1.63. The van der Waals surface area contributed by atoms with E-state index in [2.05, 4.69) is 0 Å². The van der Waals surface area contributed by atoms with Gasteiger partial charge in [-0.2, -0.15) is 0 Å². The SMILES string of the molecule is Nc1cc(B(O)O)cc(C(=O)N2CCOCC2)c1. The molecular weight excluding hydrogens is 235 g/mol. The summed E-state index contributed by atoms with van der Waals surface area (Å²) in [6, 6.07) is 4.41. The average molecular weight is 250 g/mol. The lowest BCUT2D eigenvalue weighted by Gasteiger charge is -2.27. The highest BCUT2D eigenvalue weighted by Crippen LogP contribution is 2.10. The van der Waals surface area contributed by atoms with Gasteiger partial charge in [0.2, 0.25) is 0 Å². The minimum atomic E-state index is -1.63. The van der Waals surface area contributed by atoms with Gasteiger partial charge in [-0.05, 0) is 23.7 Å². The number of anilines is 1. The van der Waals surface area contributed by atoms with E-state index in [1.807, 2.05) is 0 Å². The molecule has 2 rings (SSSR count). The number of benzene rings is 1. The second-order valence-electron chi connectivity index (χ2n) is 4.17. The standard InChI is InChI=1S/C11H15BN2O4/c13-10-6-8(5-9(7-10)12(16)17)11(15)14-1-3-18-4-2-14/h5-7,16-17H,1-4,13H2. The van der Waals surface area contributed by atoms with Crippen molar-refractivity contribution in [2.75, 3.05) is 32.0 Å². The van der Waals surface area contributed by atoms with Crippen molar-refractivity contribution in [2.45, 2.75) is 0 Å². The molecule has 4 N–H and O–H groups in total. The second-order valence-corrected chi connectivity index (χ2v) is 4.17. The number of ether oxygens (including phenoxy) is 1. The van der Waals surface area contributed by atoms with E-state index in [0.29, 0.717) is 37.6 Å². The smallest absolute Gasteiger partial charge is 0.423 e. The van der Waals surface area contributed by atoms with Crippen molar-refractivity contribution < 1.29 is 19.6 Å². The first-order valence-corrected chi connectivity index (χ1v) is 5.71. The highest BCUT2D eigenvalue weighted by atomic mass is 16.5. The molecular formula is C11H15BN2O4. The van der Waals surface area contributed by atoms with Crippen LogP contribution in [0.15, 0.2) is 18.2 Å². The number of rotatable bonds is 2. The van der Waals surface area contributed by atoms with Crippen LogP contribution in [0, 0.1) is 0 Å². The summed E-state index contributed by atoms with van der Waals surface area (Å²) >= 11 is 0. The van der Waals surface area contributed by atoms with E-state index in [1.54, 1.807) is 4.90 Å². The summed E-state index contributed by atoms with van der Waals surface area (Å²) in [4.78, 5) is 13.8. The first kappa shape index (κ1) is 12.9. The van der Waals surface area contributed by atoms with Crippen molar-refractivity contribution in [3.8, 4) is 0 Å². The molecule has 1 heterocycles. The van der Waals surface area contributed by atoms with E-state index in [-0.39, 0.29) is 11.4 Å². The Morgan fingerprint density at radius 2 is 1.94 bits per heavy atom. The fourth-order valence-electron chi connectivity index (χ4n) is 1.90. The predicted molar refractivity (Wildman–Crippen MR) is 67.4 cm³/mol. The van der Waals surface area contributed by atoms with Gasteiger partial charge in [0, 0.05) is 24.3 Å². The Labute approximate surface area is 105 Å². The van der Waals surface area contributed by atoms with Gasteiger partial charge >= 0.3 is 7.12 Å². The maximum absolute atomic E-state index is 12.2. The van der Waals surface area contributed by atoms with Crippen molar-refractivity contribution in [3.63, 3.8) is 0 Å². The highest BCUT2D eigenvalue weighted by Gasteiger charge is 2.21. The topological polar surface area (TPSA) is 96.0 Å². The van der Waals surface area contributed by atoms with Gasteiger partial charge in [-0.15, -0.1) is 0 Å². The third-order valence-corrected chi connectivity index (χ3v) is 2.82. The van der Waals surface area contributed by atoms with E-state index in [1.165, 1.54) is 18.2 Å². The molecule has 96 valence electrons. The lowest BCUT2D eigenvalue weighted by Crippen LogP contribution is -2.41. The van der Waals surface area contributed by atoms with E-state index in [4.69, 9.17) is 20.5 Å². The van der Waals surface area contributed by atoms with Gasteiger partial charge in [-0.3, -0.25) is 4.79 Å². The molecule has 0 saturated carbocycles. The van der Waals surface area contributed by atoms with Gasteiger partial charge in [0.25, 0.3) is 5.91 Å². The fraction of sp³-hybridized carbons (Fsp3) is 0.364. The van der Waals surface area contributed by atoms with Crippen LogP contribution in [0.1, 0.15) is 10.4 Å². The Bertz CT molecular complexity index is 447. The molecule has 6 nitrogen and oxygen atoms in total. The van der Waals surface area contributed by atoms with Gasteiger partial charge < -0.3 is 25.4 Å². The number of amides is 1. The van der Waals surface area contributed by atoms with Crippen molar-refractivity contribution in [2.24, 2.45) is 0 Å². The number of hydrogen-bond acceptors (Lipinski definition) is 5. The van der Waals surface area contributed by atoms with Crippen LogP contribution in [0.3, 0.4) is 0 Å². The van der Waals surface area contributed by atoms with Crippen LogP contribution in [0.5, 0.6) is 0 Å². The Morgan fingerprint density at radius 3 is 2.56 bits per heavy atom. The third-order valence-electron chi connectivity index (χ3n) is 2.82. The van der Waals surface area contributed by atoms with Crippen molar-refractivity contribution in [1.82, 2.24) is 4.90 Å². The predicted octanol–water partition coefficient (Wildman–Crippen LogP) is -1.58. The molecule has 1 aromatic carbocycles. The van der Waals surface area contributed by atoms with Gasteiger partial charge in [0.15, 0.2) is 0 Å². The molecule has 0 aromatic heterocycles. The van der Waals surface area contributed by atoms with Crippen molar-refractivity contribution >= 4 is 24.2 Å². The summed E-state index contributed by atoms with van der Waals surface area (Å²) in [6.45, 7) is 2.10. The molecule has 18 heavy (non-hydrogen) atoms. The first-order chi connectivity index (χ1) is 8.58. The summed E-state index contributed by atoms with van der Waals surface area (Å²) in [5, 5.41) is 18.2. The maximum atomic E-state index is 12.2. The van der Waals surface area contributed by atoms with Crippen LogP contribution in [0.25, 0.3) is 0 Å². The zero-order valence-corrected chi connectivity index (χ0v) is 9.87. The third kappa shape index (κ3) is 2.81. The Balaban J connectivity index is 2.23. The minimum absolute atomic E-state index is 0.174. The number of hydrogen-bond donors (Lipinski definition) is 3. The van der Waals surface area contributed by atoms with Gasteiger partial charge in [-0.1, -0.05) is 0 Å². The second kappa shape index (κ2) is 5.39. The number of nitrogens with zero attached hydrogens (tertiary/aromatic N) is 1. The van der Waals surface area contributed by atoms with Crippen LogP contribution in [0.2, 0.25) is 0 Å². The molecule has 7 heteroatoms. The molecule has 1 fully saturated rings. The molecule has 1 aromatic rings. The van der Waals surface area contributed by atoms with Crippen LogP contribution >= 0.6 is 0 Å². The Kier molecular flexibility index (Phi) is 3.85. The van der Waals surface area contributed by atoms with Crippen molar-refractivity contribution in [1.29, 1.82) is 0 Å². The van der Waals surface area contributed by atoms with Crippen LogP contribution in [0.4, 0.5) is 5.69 Å².